The molecule has 0 aliphatic carbocycles. The zero-order chi connectivity index (χ0) is 23.7. The van der Waals surface area contributed by atoms with E-state index in [1.54, 1.807) is 30.3 Å². The van der Waals surface area contributed by atoms with Crippen molar-refractivity contribution in [2.75, 3.05) is 0 Å². The number of hydrogen-bond acceptors (Lipinski definition) is 5. The first-order valence-electron chi connectivity index (χ1n) is 9.02. The highest BCUT2D eigenvalue weighted by Crippen LogP contribution is 2.36. The maximum Gasteiger partial charge on any atom is 0.336 e. The summed E-state index contributed by atoms with van der Waals surface area (Å²) in [6.07, 6.45) is 0.229. The average Bonchev–Trinajstić information content (AvgIpc) is 2.74. The van der Waals surface area contributed by atoms with Gasteiger partial charge in [0.05, 0.1) is 25.9 Å². The number of phenolic OH excluding ortho intramolecular Hbond substituents is 2. The largest absolute Gasteiger partial charge is 0.506 e. The number of ketones is 1. The molecule has 0 bridgehead atoms. The van der Waals surface area contributed by atoms with Crippen molar-refractivity contribution >= 4 is 102 Å². The Kier molecular flexibility index (Phi) is 8.65. The van der Waals surface area contributed by atoms with E-state index in [9.17, 15) is 24.9 Å². The molecule has 0 spiro atoms. The molecule has 5 N–H and O–H groups in total. The van der Waals surface area contributed by atoms with Gasteiger partial charge in [0.25, 0.3) is 0 Å². The fraction of sp³-hybridized carbons (Fsp3) is 0.0909. The van der Waals surface area contributed by atoms with E-state index in [1.165, 1.54) is 12.1 Å². The van der Waals surface area contributed by atoms with Crippen LogP contribution >= 0.6 is 90.4 Å². The molecule has 3 aromatic carbocycles. The number of phenols is 2. The number of carbonyl (C=O) groups is 2. The molecule has 0 aliphatic heterocycles. The van der Waals surface area contributed by atoms with E-state index in [2.05, 4.69) is 0 Å². The summed E-state index contributed by atoms with van der Waals surface area (Å²) in [5.74, 6) is -1.27. The first-order chi connectivity index (χ1) is 15.0. The Labute approximate surface area is 238 Å². The number of benzene rings is 3. The molecule has 0 amide bonds. The molecular weight excluding hydrogens is 866 g/mol. The smallest absolute Gasteiger partial charge is 0.336 e. The van der Waals surface area contributed by atoms with Crippen LogP contribution in [0.5, 0.6) is 11.5 Å². The lowest BCUT2D eigenvalue weighted by molar-refractivity contribution is 0.0697. The topological polar surface area (TPSA) is 121 Å². The van der Waals surface area contributed by atoms with Gasteiger partial charge in [-0.05, 0) is 138 Å². The summed E-state index contributed by atoms with van der Waals surface area (Å²) in [6, 6.07) is 10.5. The van der Waals surface area contributed by atoms with Crippen LogP contribution in [0, 0.1) is 14.3 Å². The van der Waals surface area contributed by atoms with Crippen molar-refractivity contribution in [3.63, 3.8) is 0 Å². The van der Waals surface area contributed by atoms with E-state index in [1.807, 2.05) is 90.4 Å². The van der Waals surface area contributed by atoms with Crippen molar-refractivity contribution in [1.29, 1.82) is 0 Å². The number of nitrogens with two attached hydrogens (primary N) is 1. The van der Waals surface area contributed by atoms with Gasteiger partial charge in [0.2, 0.25) is 0 Å². The van der Waals surface area contributed by atoms with Gasteiger partial charge >= 0.3 is 5.97 Å². The molecule has 0 aromatic heterocycles. The maximum absolute atomic E-state index is 13.4. The molecule has 32 heavy (non-hydrogen) atoms. The molecule has 10 heteroatoms. The number of halogens is 4. The number of carboxylic acids is 1. The van der Waals surface area contributed by atoms with Crippen LogP contribution in [-0.2, 0) is 6.42 Å². The van der Waals surface area contributed by atoms with Gasteiger partial charge in [0.15, 0.2) is 5.78 Å². The van der Waals surface area contributed by atoms with Crippen LogP contribution in [0.15, 0.2) is 42.5 Å². The van der Waals surface area contributed by atoms with Crippen molar-refractivity contribution in [2.45, 2.75) is 12.5 Å². The summed E-state index contributed by atoms with van der Waals surface area (Å²) in [4.78, 5) is 25.3. The molecule has 0 saturated heterocycles. The van der Waals surface area contributed by atoms with Crippen molar-refractivity contribution in [1.82, 2.24) is 0 Å². The Bertz CT molecular complexity index is 1200. The van der Waals surface area contributed by atoms with Crippen LogP contribution in [0.2, 0.25) is 0 Å². The SMILES string of the molecule is N[C@@H](Cc1cc(I)c(O)c(I)c1)C(=O)c1cccc(C(=O)O)c1-c1cc(I)c(O)c(I)c1. The van der Waals surface area contributed by atoms with Crippen molar-refractivity contribution in [3.8, 4) is 22.6 Å². The fourth-order valence-corrected chi connectivity index (χ4v) is 6.90. The van der Waals surface area contributed by atoms with E-state index in [4.69, 9.17) is 5.73 Å². The standard InChI is InChI=1S/C22H15I4NO5/c23-13-4-9(5-14(24)20(13)29)6-17(27)19(28)11-2-1-3-12(22(31)32)18(11)10-7-15(25)21(30)16(26)8-10/h1-5,7-8,17,29-30H,6,27H2,(H,31,32)/t17-/m0/s1. The third-order valence-corrected chi connectivity index (χ3v) is 8.02. The number of rotatable bonds is 6. The second-order valence-corrected chi connectivity index (χ2v) is 11.6. The quantitative estimate of drug-likeness (QED) is 0.188. The van der Waals surface area contributed by atoms with Crippen molar-refractivity contribution in [3.05, 3.63) is 73.4 Å². The molecular formula is C22H15I4NO5. The minimum atomic E-state index is -1.16. The van der Waals surface area contributed by atoms with Gasteiger partial charge in [0.1, 0.15) is 11.5 Å². The molecule has 166 valence electrons. The third-order valence-electron chi connectivity index (χ3n) is 4.73. The number of aromatic carboxylic acids is 1. The Morgan fingerprint density at radius 3 is 1.81 bits per heavy atom. The maximum atomic E-state index is 13.4. The molecule has 1 atom stereocenters. The normalized spacial score (nSPS) is 11.9. The monoisotopic (exact) mass is 881 g/mol. The van der Waals surface area contributed by atoms with Gasteiger partial charge in [-0.25, -0.2) is 4.79 Å². The Morgan fingerprint density at radius 1 is 0.844 bits per heavy atom. The predicted molar refractivity (Wildman–Crippen MR) is 155 cm³/mol. The van der Waals surface area contributed by atoms with E-state index in [-0.39, 0.29) is 40.4 Å². The predicted octanol–water partition coefficient (Wildman–Crippen LogP) is 5.63. The number of hydrogen-bond donors (Lipinski definition) is 4. The van der Waals surface area contributed by atoms with Crippen LogP contribution in [0.25, 0.3) is 11.1 Å². The number of Topliss-reactive ketones (excluding diaryl/α,β-unsaturated/α-hetero) is 1. The van der Waals surface area contributed by atoms with Crippen molar-refractivity contribution < 1.29 is 24.9 Å². The molecule has 3 aromatic rings. The zero-order valence-electron chi connectivity index (χ0n) is 16.1. The molecule has 3 rings (SSSR count). The fourth-order valence-electron chi connectivity index (χ4n) is 3.24. The summed E-state index contributed by atoms with van der Waals surface area (Å²) < 4.78 is 2.40. The summed E-state index contributed by atoms with van der Waals surface area (Å²) in [6.45, 7) is 0. The molecule has 6 nitrogen and oxygen atoms in total. The van der Waals surface area contributed by atoms with Gasteiger partial charge in [-0.1, -0.05) is 12.1 Å². The van der Waals surface area contributed by atoms with Gasteiger partial charge in [0, 0.05) is 11.1 Å². The molecule has 0 unspecified atom stereocenters. The molecule has 0 aliphatic rings. The molecule has 0 saturated carbocycles. The second-order valence-electron chi connectivity index (χ2n) is 6.90. The lowest BCUT2D eigenvalue weighted by atomic mass is 9.89. The minimum Gasteiger partial charge on any atom is -0.506 e. The summed E-state index contributed by atoms with van der Waals surface area (Å²) >= 11 is 7.96. The van der Waals surface area contributed by atoms with Gasteiger partial charge in [-0.2, -0.15) is 0 Å². The first kappa shape index (κ1) is 25.9. The Hall–Kier alpha value is -0.720. The minimum absolute atomic E-state index is 0.0194. The van der Waals surface area contributed by atoms with Gasteiger partial charge in [-0.3, -0.25) is 4.79 Å². The van der Waals surface area contributed by atoms with Crippen LogP contribution in [-0.4, -0.2) is 33.1 Å². The van der Waals surface area contributed by atoms with Crippen LogP contribution < -0.4 is 5.73 Å². The summed E-state index contributed by atoms with van der Waals surface area (Å²) in [7, 11) is 0. The zero-order valence-corrected chi connectivity index (χ0v) is 24.7. The summed E-state index contributed by atoms with van der Waals surface area (Å²) in [5, 5.41) is 29.9. The highest BCUT2D eigenvalue weighted by Gasteiger charge is 2.25. The van der Waals surface area contributed by atoms with Crippen LogP contribution in [0.3, 0.4) is 0 Å². The van der Waals surface area contributed by atoms with Crippen LogP contribution in [0.1, 0.15) is 26.3 Å². The second kappa shape index (κ2) is 10.7. The first-order valence-corrected chi connectivity index (χ1v) is 13.3. The lowest BCUT2D eigenvalue weighted by Crippen LogP contribution is -2.33. The number of carbonyl (C=O) groups excluding carboxylic acids is 1. The highest BCUT2D eigenvalue weighted by molar-refractivity contribution is 14.1. The third kappa shape index (κ3) is 5.50. The van der Waals surface area contributed by atoms with E-state index < -0.39 is 12.0 Å². The Morgan fingerprint density at radius 2 is 1.31 bits per heavy atom. The van der Waals surface area contributed by atoms with Crippen LogP contribution in [0.4, 0.5) is 0 Å². The number of aromatic hydroxyl groups is 2. The van der Waals surface area contributed by atoms with Gasteiger partial charge in [-0.15, -0.1) is 0 Å². The number of carboxylic acid groups (broad SMARTS) is 1. The average molecular weight is 881 g/mol. The molecule has 0 radical (unpaired) electrons. The summed E-state index contributed by atoms with van der Waals surface area (Å²) in [5.41, 5.74) is 8.03. The van der Waals surface area contributed by atoms with E-state index >= 15 is 0 Å². The lowest BCUT2D eigenvalue weighted by Gasteiger charge is -2.17. The Balaban J connectivity index is 2.09. The molecule has 0 heterocycles. The van der Waals surface area contributed by atoms with Crippen molar-refractivity contribution in [2.24, 2.45) is 5.73 Å². The van der Waals surface area contributed by atoms with Gasteiger partial charge < -0.3 is 21.1 Å². The van der Waals surface area contributed by atoms with E-state index in [0.29, 0.717) is 19.8 Å². The van der Waals surface area contributed by atoms with E-state index in [0.717, 1.165) is 5.56 Å². The highest BCUT2D eigenvalue weighted by atomic mass is 127. The molecule has 0 fully saturated rings.